The lowest BCUT2D eigenvalue weighted by Gasteiger charge is -2.16. The molecule has 0 spiro atoms. The van der Waals surface area contributed by atoms with Crippen LogP contribution in [0.1, 0.15) is 35.3 Å². The van der Waals surface area contributed by atoms with Crippen LogP contribution >= 0.6 is 0 Å². The molecule has 2 aromatic heterocycles. The number of ketones is 1. The molecule has 0 atom stereocenters. The fourth-order valence-corrected chi connectivity index (χ4v) is 4.56. The molecule has 214 valence electrons. The van der Waals surface area contributed by atoms with Gasteiger partial charge in [-0.05, 0) is 73.0 Å². The number of ether oxygens (including phenoxy) is 1. The highest BCUT2D eigenvalue weighted by atomic mass is 19.1. The van der Waals surface area contributed by atoms with Crippen molar-refractivity contribution < 1.29 is 18.7 Å². The molecule has 0 radical (unpaired) electrons. The van der Waals surface area contributed by atoms with Gasteiger partial charge in [0.1, 0.15) is 17.3 Å². The van der Waals surface area contributed by atoms with Crippen molar-refractivity contribution in [3.05, 3.63) is 108 Å². The number of nitrogens with one attached hydrogen (secondary N) is 1. The van der Waals surface area contributed by atoms with Gasteiger partial charge in [0, 0.05) is 43.8 Å². The molecular formula is C33H32FN5O3. The highest BCUT2D eigenvalue weighted by molar-refractivity contribution is 5.95. The summed E-state index contributed by atoms with van der Waals surface area (Å²) >= 11 is 0. The number of halogens is 1. The zero-order valence-electron chi connectivity index (χ0n) is 23.8. The van der Waals surface area contributed by atoms with Gasteiger partial charge in [-0.15, -0.1) is 5.10 Å². The molecule has 8 nitrogen and oxygen atoms in total. The van der Waals surface area contributed by atoms with E-state index in [4.69, 9.17) is 4.74 Å². The molecule has 0 aliphatic rings. The summed E-state index contributed by atoms with van der Waals surface area (Å²) in [6.45, 7) is 4.87. The summed E-state index contributed by atoms with van der Waals surface area (Å²) < 4.78 is 20.6. The van der Waals surface area contributed by atoms with Crippen LogP contribution in [0, 0.1) is 5.82 Å². The number of pyridine rings is 1. The van der Waals surface area contributed by atoms with Gasteiger partial charge in [0.25, 0.3) is 5.91 Å². The van der Waals surface area contributed by atoms with Crippen LogP contribution in [0.2, 0.25) is 0 Å². The molecule has 9 heteroatoms. The predicted molar refractivity (Wildman–Crippen MR) is 161 cm³/mol. The lowest BCUT2D eigenvalue weighted by Crippen LogP contribution is -2.26. The van der Waals surface area contributed by atoms with Gasteiger partial charge in [-0.2, -0.15) is 4.98 Å². The van der Waals surface area contributed by atoms with Crippen LogP contribution in [0.15, 0.2) is 85.1 Å². The van der Waals surface area contributed by atoms with Crippen molar-refractivity contribution in [1.82, 2.24) is 19.5 Å². The van der Waals surface area contributed by atoms with Crippen molar-refractivity contribution in [2.75, 3.05) is 25.5 Å². The summed E-state index contributed by atoms with van der Waals surface area (Å²) in [4.78, 5) is 31.3. The minimum absolute atomic E-state index is 0.0699. The zero-order valence-corrected chi connectivity index (χ0v) is 23.8. The maximum absolute atomic E-state index is 13.1. The Morgan fingerprint density at radius 2 is 1.57 bits per heavy atom. The summed E-state index contributed by atoms with van der Waals surface area (Å²) in [5.74, 6) is 0.624. The Kier molecular flexibility index (Phi) is 8.57. The van der Waals surface area contributed by atoms with E-state index in [0.29, 0.717) is 48.2 Å². The molecule has 0 bridgehead atoms. The number of anilines is 2. The van der Waals surface area contributed by atoms with E-state index in [9.17, 15) is 14.0 Å². The Balaban J connectivity index is 1.29. The summed E-state index contributed by atoms with van der Waals surface area (Å²) in [5.41, 5.74) is 5.51. The third-order valence-corrected chi connectivity index (χ3v) is 6.93. The van der Waals surface area contributed by atoms with Crippen LogP contribution in [0.3, 0.4) is 0 Å². The number of aromatic nitrogens is 3. The number of carbonyl (C=O) groups is 2. The molecule has 0 saturated heterocycles. The highest BCUT2D eigenvalue weighted by Crippen LogP contribution is 2.29. The van der Waals surface area contributed by atoms with Gasteiger partial charge in [-0.1, -0.05) is 36.4 Å². The van der Waals surface area contributed by atoms with E-state index in [1.54, 1.807) is 46.8 Å². The van der Waals surface area contributed by atoms with Crippen molar-refractivity contribution in [2.24, 2.45) is 0 Å². The van der Waals surface area contributed by atoms with Gasteiger partial charge in [-0.3, -0.25) is 9.59 Å². The number of fused-ring (bicyclic) bond motifs is 1. The Morgan fingerprint density at radius 3 is 2.24 bits per heavy atom. The van der Waals surface area contributed by atoms with Crippen molar-refractivity contribution in [3.8, 4) is 16.9 Å². The van der Waals surface area contributed by atoms with Gasteiger partial charge in [0.15, 0.2) is 5.65 Å². The Labute approximate surface area is 243 Å². The van der Waals surface area contributed by atoms with Crippen LogP contribution in [0.25, 0.3) is 16.8 Å². The zero-order chi connectivity index (χ0) is 29.6. The first kappa shape index (κ1) is 28.5. The Morgan fingerprint density at radius 1 is 0.905 bits per heavy atom. The number of Topliss-reactive ketones (excluding diaryl/α,β-unsaturated/α-hetero) is 1. The number of nitrogens with zero attached hydrogens (tertiary/aromatic N) is 4. The quantitative estimate of drug-likeness (QED) is 0.208. The van der Waals surface area contributed by atoms with Crippen LogP contribution in [0.5, 0.6) is 5.75 Å². The Hall–Kier alpha value is -5.05. The van der Waals surface area contributed by atoms with Gasteiger partial charge >= 0.3 is 0 Å². The summed E-state index contributed by atoms with van der Waals surface area (Å²) in [5, 5.41) is 7.81. The fraction of sp³-hybridized carbons (Fsp3) is 0.212. The first-order valence-electron chi connectivity index (χ1n) is 13.8. The maximum Gasteiger partial charge on any atom is 0.253 e. The fourth-order valence-electron chi connectivity index (χ4n) is 4.56. The molecule has 42 heavy (non-hydrogen) atoms. The van der Waals surface area contributed by atoms with E-state index in [1.807, 2.05) is 56.4 Å². The molecule has 1 N–H and O–H groups in total. The molecule has 5 aromatic rings. The molecule has 0 fully saturated rings. The summed E-state index contributed by atoms with van der Waals surface area (Å²) in [7, 11) is 1.76. The SMILES string of the molecule is CCOc1cc(C(=O)N(C)CC)ccc1Nc1nc2ccc(-c3ccc(CC(=O)Cc4ccc(F)cc4)cc3)cn2n1. The summed E-state index contributed by atoms with van der Waals surface area (Å²) in [6.07, 6.45) is 2.48. The third-order valence-electron chi connectivity index (χ3n) is 6.93. The van der Waals surface area contributed by atoms with Gasteiger partial charge in [0.05, 0.1) is 12.3 Å². The van der Waals surface area contributed by atoms with Crippen LogP contribution in [-0.4, -0.2) is 51.4 Å². The van der Waals surface area contributed by atoms with Crippen LogP contribution in [0.4, 0.5) is 16.0 Å². The largest absolute Gasteiger partial charge is 0.492 e. The van der Waals surface area contributed by atoms with Crippen LogP contribution in [-0.2, 0) is 17.6 Å². The van der Waals surface area contributed by atoms with Crippen molar-refractivity contribution in [3.63, 3.8) is 0 Å². The van der Waals surface area contributed by atoms with E-state index < -0.39 is 0 Å². The number of carbonyl (C=O) groups excluding carboxylic acids is 2. The first-order valence-corrected chi connectivity index (χ1v) is 13.8. The first-order chi connectivity index (χ1) is 20.3. The number of benzene rings is 3. The summed E-state index contributed by atoms with van der Waals surface area (Å²) in [6, 6.07) is 23.0. The average molecular weight is 566 g/mol. The van der Waals surface area contributed by atoms with Gasteiger partial charge in [-0.25, -0.2) is 8.91 Å². The lowest BCUT2D eigenvalue weighted by molar-refractivity contribution is -0.117. The van der Waals surface area contributed by atoms with Crippen molar-refractivity contribution in [1.29, 1.82) is 0 Å². The maximum atomic E-state index is 13.1. The molecule has 0 aliphatic heterocycles. The number of rotatable bonds is 11. The second kappa shape index (κ2) is 12.6. The average Bonchev–Trinajstić information content (AvgIpc) is 3.40. The molecule has 0 saturated carbocycles. The number of amides is 1. The minimum atomic E-state index is -0.311. The molecule has 1 amide bonds. The van der Waals surface area contributed by atoms with Gasteiger partial charge < -0.3 is 15.0 Å². The Bertz CT molecular complexity index is 1710. The van der Waals surface area contributed by atoms with Crippen LogP contribution < -0.4 is 10.1 Å². The molecule has 0 unspecified atom stereocenters. The standard InChI is InChI=1S/C33H32FN5O3/c1-4-38(3)32(41)25-12-16-29(30(20-25)42-5-2)35-33-36-31-17-13-26(21-39(31)37-33)24-10-6-22(7-11-24)18-28(40)19-23-8-14-27(34)15-9-23/h6-17,20-21H,4-5,18-19H2,1-3H3,(H,35,37). The normalized spacial score (nSPS) is 11.0. The molecule has 0 aliphatic carbocycles. The molecule has 5 rings (SSSR count). The third kappa shape index (κ3) is 6.63. The number of hydrogen-bond acceptors (Lipinski definition) is 6. The van der Waals surface area contributed by atoms with Crippen molar-refractivity contribution in [2.45, 2.75) is 26.7 Å². The van der Waals surface area contributed by atoms with Gasteiger partial charge in [0.2, 0.25) is 5.95 Å². The van der Waals surface area contributed by atoms with E-state index in [0.717, 1.165) is 22.3 Å². The van der Waals surface area contributed by atoms with Crippen molar-refractivity contribution >= 4 is 29.0 Å². The molecule has 2 heterocycles. The topological polar surface area (TPSA) is 88.8 Å². The van der Waals surface area contributed by atoms with E-state index in [-0.39, 0.29) is 23.9 Å². The molecular weight excluding hydrogens is 533 g/mol. The smallest absolute Gasteiger partial charge is 0.253 e. The monoisotopic (exact) mass is 565 g/mol. The van der Waals surface area contributed by atoms with E-state index >= 15 is 0 Å². The second-order valence-electron chi connectivity index (χ2n) is 9.96. The minimum Gasteiger partial charge on any atom is -0.492 e. The number of hydrogen-bond donors (Lipinski definition) is 1. The molecule has 3 aromatic carbocycles. The lowest BCUT2D eigenvalue weighted by atomic mass is 10.0. The second-order valence-corrected chi connectivity index (χ2v) is 9.96. The highest BCUT2D eigenvalue weighted by Gasteiger charge is 2.15. The predicted octanol–water partition coefficient (Wildman–Crippen LogP) is 6.12. The van der Waals surface area contributed by atoms with E-state index in [2.05, 4.69) is 15.4 Å². The van der Waals surface area contributed by atoms with E-state index in [1.165, 1.54) is 12.1 Å².